The fraction of sp³-hybridized carbons (Fsp3) is 0.355. The van der Waals surface area contributed by atoms with Gasteiger partial charge in [-0.15, -0.1) is 5.10 Å². The second kappa shape index (κ2) is 9.56. The number of ether oxygens (including phenoxy) is 1. The number of benzene rings is 3. The number of amides is 2. The average molecular weight is 584 g/mol. The molecule has 0 saturated carbocycles. The van der Waals surface area contributed by atoms with Crippen LogP contribution in [-0.2, 0) is 28.1 Å². The first-order chi connectivity index (χ1) is 20.1. The van der Waals surface area contributed by atoms with E-state index in [-0.39, 0.29) is 29.9 Å². The highest BCUT2D eigenvalue weighted by molar-refractivity contribution is 6.71. The van der Waals surface area contributed by atoms with Gasteiger partial charge in [0.05, 0.1) is 23.0 Å². The number of fused-ring (bicyclic) bond motifs is 2. The van der Waals surface area contributed by atoms with Gasteiger partial charge in [0, 0.05) is 59.6 Å². The van der Waals surface area contributed by atoms with Crippen LogP contribution < -0.4 is 10.2 Å². The molecule has 7 rings (SSSR count). The molecule has 1 fully saturated rings. The van der Waals surface area contributed by atoms with Crippen molar-refractivity contribution in [2.45, 2.75) is 56.7 Å². The maximum atomic E-state index is 13.8. The van der Waals surface area contributed by atoms with Crippen molar-refractivity contribution in [2.24, 2.45) is 5.92 Å². The first kappa shape index (κ1) is 27.0. The summed E-state index contributed by atoms with van der Waals surface area (Å²) >= 11 is 0. The van der Waals surface area contributed by atoms with E-state index in [1.807, 2.05) is 74.6 Å². The Kier molecular flexibility index (Phi) is 6.14. The van der Waals surface area contributed by atoms with E-state index in [1.54, 1.807) is 15.8 Å². The minimum Gasteiger partial charge on any atom is -0.432 e. The molecular formula is C31H33N5O5Si. The summed E-state index contributed by atoms with van der Waals surface area (Å²) in [6.07, 6.45) is 2.36. The summed E-state index contributed by atoms with van der Waals surface area (Å²) in [4.78, 5) is 40.7. The topological polar surface area (TPSA) is 130 Å². The van der Waals surface area contributed by atoms with Crippen LogP contribution in [-0.4, -0.2) is 57.7 Å². The Morgan fingerprint density at radius 3 is 2.67 bits per heavy atom. The van der Waals surface area contributed by atoms with Crippen LogP contribution in [0, 0.1) is 5.92 Å². The van der Waals surface area contributed by atoms with Crippen LogP contribution in [0.1, 0.15) is 35.0 Å². The van der Waals surface area contributed by atoms with E-state index in [0.717, 1.165) is 16.5 Å². The molecule has 0 aliphatic carbocycles. The molecule has 3 aromatic carbocycles. The molecular weight excluding hydrogens is 550 g/mol. The smallest absolute Gasteiger partial charge is 0.263 e. The SMILES string of the molecule is C[C@H]1[C@H]([Si](C)(C)O)[C@@H](CCn2cc(CCO)nn2)O[C@]12C(=O)Nc1ccc(N3C(=O)c4cccc5cccc3c45)cc12. The third-order valence-corrected chi connectivity index (χ3v) is 11.6. The summed E-state index contributed by atoms with van der Waals surface area (Å²) in [6.45, 7) is 6.26. The molecule has 1 spiro atoms. The standard InChI is InChI=1S/C31H33N5O5Si/c1-18-28(42(2,3)40)26(12-14-35-17-20(13-15-37)33-34-35)41-31(18)23-16-21(10-11-24(23)32-30(31)39)36-25-9-5-7-19-6-4-8-22(27(19)25)29(36)38/h4-11,16-18,26,28,37,40H,12-15H2,1-3H3,(H,32,39)/t18-,26+,28-,31+/m0/s1. The van der Waals surface area contributed by atoms with E-state index < -0.39 is 20.0 Å². The molecule has 2 amide bonds. The fourth-order valence-electron chi connectivity index (χ4n) is 7.40. The van der Waals surface area contributed by atoms with Gasteiger partial charge < -0.3 is 20.0 Å². The zero-order chi connectivity index (χ0) is 29.4. The molecule has 0 bridgehead atoms. The molecule has 1 aromatic heterocycles. The van der Waals surface area contributed by atoms with E-state index >= 15 is 0 Å². The van der Waals surface area contributed by atoms with Gasteiger partial charge in [0.25, 0.3) is 11.8 Å². The highest BCUT2D eigenvalue weighted by atomic mass is 28.4. The van der Waals surface area contributed by atoms with Crippen molar-refractivity contribution in [3.05, 3.63) is 77.6 Å². The maximum Gasteiger partial charge on any atom is 0.263 e. The van der Waals surface area contributed by atoms with Crippen molar-refractivity contribution in [2.75, 3.05) is 16.8 Å². The molecule has 4 aromatic rings. The van der Waals surface area contributed by atoms with Crippen molar-refractivity contribution in [1.82, 2.24) is 15.0 Å². The molecule has 3 aliphatic heterocycles. The number of aryl methyl sites for hydroxylation is 1. The van der Waals surface area contributed by atoms with Gasteiger partial charge >= 0.3 is 0 Å². The van der Waals surface area contributed by atoms with Crippen LogP contribution in [0.25, 0.3) is 10.8 Å². The van der Waals surface area contributed by atoms with Crippen LogP contribution in [0.3, 0.4) is 0 Å². The Balaban J connectivity index is 1.26. The fourth-order valence-corrected chi connectivity index (χ4v) is 10.0. The predicted molar refractivity (Wildman–Crippen MR) is 160 cm³/mol. The van der Waals surface area contributed by atoms with Crippen LogP contribution in [0.15, 0.2) is 60.8 Å². The molecule has 216 valence electrons. The number of carbonyl (C=O) groups excluding carboxylic acids is 2. The predicted octanol–water partition coefficient (Wildman–Crippen LogP) is 4.10. The maximum absolute atomic E-state index is 13.8. The number of hydrogen-bond donors (Lipinski definition) is 3. The van der Waals surface area contributed by atoms with Gasteiger partial charge in [-0.2, -0.15) is 0 Å². The number of carbonyl (C=O) groups is 2. The lowest BCUT2D eigenvalue weighted by Crippen LogP contribution is -2.43. The zero-order valence-electron chi connectivity index (χ0n) is 23.7. The minimum atomic E-state index is -2.81. The van der Waals surface area contributed by atoms with E-state index in [9.17, 15) is 19.5 Å². The summed E-state index contributed by atoms with van der Waals surface area (Å²) in [7, 11) is -2.81. The number of rotatable bonds is 7. The summed E-state index contributed by atoms with van der Waals surface area (Å²) in [5, 5.41) is 22.4. The zero-order valence-corrected chi connectivity index (χ0v) is 24.7. The van der Waals surface area contributed by atoms with Crippen molar-refractivity contribution in [1.29, 1.82) is 0 Å². The first-order valence-electron chi connectivity index (χ1n) is 14.4. The molecule has 0 unspecified atom stereocenters. The molecule has 10 nitrogen and oxygen atoms in total. The summed E-state index contributed by atoms with van der Waals surface area (Å²) in [5.41, 5.74) is 2.63. The van der Waals surface area contributed by atoms with E-state index in [2.05, 4.69) is 15.6 Å². The summed E-state index contributed by atoms with van der Waals surface area (Å²) < 4.78 is 8.51. The molecule has 4 atom stereocenters. The van der Waals surface area contributed by atoms with Crippen LogP contribution >= 0.6 is 0 Å². The molecule has 11 heteroatoms. The first-order valence-corrected chi connectivity index (χ1v) is 17.4. The van der Waals surface area contributed by atoms with Crippen molar-refractivity contribution in [3.8, 4) is 0 Å². The highest BCUT2D eigenvalue weighted by Crippen LogP contribution is 2.59. The van der Waals surface area contributed by atoms with Crippen LogP contribution in [0.5, 0.6) is 0 Å². The van der Waals surface area contributed by atoms with Crippen LogP contribution in [0.4, 0.5) is 17.1 Å². The Bertz CT molecular complexity index is 1740. The Labute approximate surface area is 244 Å². The number of nitrogens with one attached hydrogen (secondary N) is 1. The lowest BCUT2D eigenvalue weighted by atomic mass is 9.82. The molecule has 3 N–H and O–H groups in total. The molecule has 4 heterocycles. The van der Waals surface area contributed by atoms with Gasteiger partial charge in [-0.3, -0.25) is 19.2 Å². The monoisotopic (exact) mass is 583 g/mol. The number of aliphatic hydroxyl groups excluding tert-OH is 1. The highest BCUT2D eigenvalue weighted by Gasteiger charge is 2.64. The second-order valence-corrected chi connectivity index (χ2v) is 16.1. The van der Waals surface area contributed by atoms with E-state index in [1.165, 1.54) is 0 Å². The van der Waals surface area contributed by atoms with Crippen molar-refractivity contribution >= 4 is 48.0 Å². The number of hydrogen-bond acceptors (Lipinski definition) is 7. The summed E-state index contributed by atoms with van der Waals surface area (Å²) in [6, 6.07) is 17.2. The van der Waals surface area contributed by atoms with E-state index in [4.69, 9.17) is 4.74 Å². The Hall–Kier alpha value is -3.90. The molecule has 3 aliphatic rings. The minimum absolute atomic E-state index is 0.00237. The third-order valence-electron chi connectivity index (χ3n) is 9.13. The van der Waals surface area contributed by atoms with Gasteiger partial charge in [0.1, 0.15) is 0 Å². The molecule has 1 saturated heterocycles. The lowest BCUT2D eigenvalue weighted by molar-refractivity contribution is -0.143. The van der Waals surface area contributed by atoms with Gasteiger partial charge in [-0.05, 0) is 55.2 Å². The van der Waals surface area contributed by atoms with Gasteiger partial charge in [0.15, 0.2) is 13.9 Å². The average Bonchev–Trinajstić information content (AvgIpc) is 3.68. The van der Waals surface area contributed by atoms with Gasteiger partial charge in [-0.1, -0.05) is 36.4 Å². The number of aliphatic hydroxyl groups is 1. The lowest BCUT2D eigenvalue weighted by Gasteiger charge is -2.32. The third kappa shape index (κ3) is 3.88. The number of aromatic nitrogens is 3. The van der Waals surface area contributed by atoms with Gasteiger partial charge in [0.2, 0.25) is 0 Å². The van der Waals surface area contributed by atoms with Crippen molar-refractivity contribution < 1.29 is 24.2 Å². The molecule has 42 heavy (non-hydrogen) atoms. The number of nitrogens with zero attached hydrogens (tertiary/aromatic N) is 4. The van der Waals surface area contributed by atoms with Crippen molar-refractivity contribution in [3.63, 3.8) is 0 Å². The van der Waals surface area contributed by atoms with Crippen LogP contribution in [0.2, 0.25) is 18.6 Å². The summed E-state index contributed by atoms with van der Waals surface area (Å²) in [5.74, 6) is -0.681. The number of anilines is 3. The normalized spacial score (nSPS) is 24.7. The largest absolute Gasteiger partial charge is 0.432 e. The Morgan fingerprint density at radius 2 is 1.90 bits per heavy atom. The van der Waals surface area contributed by atoms with Gasteiger partial charge in [-0.25, -0.2) is 0 Å². The second-order valence-electron chi connectivity index (χ2n) is 12.1. The molecule has 0 radical (unpaired) electrons. The quantitative estimate of drug-likeness (QED) is 0.279. The van der Waals surface area contributed by atoms with E-state index in [0.29, 0.717) is 47.6 Å². The Morgan fingerprint density at radius 1 is 1.12 bits per heavy atom.